The van der Waals surface area contributed by atoms with Gasteiger partial charge >= 0.3 is 0 Å². The van der Waals surface area contributed by atoms with Crippen LogP contribution in [0, 0.1) is 4.13 Å². The van der Waals surface area contributed by atoms with Crippen LogP contribution < -0.4 is 5.22 Å². The van der Waals surface area contributed by atoms with E-state index in [2.05, 4.69) is 27.5 Å². The van der Waals surface area contributed by atoms with Gasteiger partial charge in [0.25, 0.3) is 0 Å². The number of hydrogen-bond donors (Lipinski definition) is 0. The van der Waals surface area contributed by atoms with Gasteiger partial charge in [0.15, 0.2) is 5.65 Å². The Balaban J connectivity index is 0.0000000986. The van der Waals surface area contributed by atoms with Crippen LogP contribution >= 0.6 is 57.1 Å². The number of thioether (sulfide) groups is 1. The summed E-state index contributed by atoms with van der Waals surface area (Å²) in [6, 6.07) is 6.32. The number of rotatable bonds is 0. The van der Waals surface area contributed by atoms with E-state index in [0.717, 1.165) is 5.65 Å². The summed E-state index contributed by atoms with van der Waals surface area (Å²) in [7, 11) is 0.472. The first kappa shape index (κ1) is 16.6. The third-order valence-corrected chi connectivity index (χ3v) is 9.92. The van der Waals surface area contributed by atoms with E-state index in [0.29, 0.717) is 9.13 Å². The smallest absolute Gasteiger partial charge is 0.181 e. The molecule has 0 aromatic carbocycles. The fourth-order valence-corrected chi connectivity index (χ4v) is 8.63. The van der Waals surface area contributed by atoms with Gasteiger partial charge in [0.1, 0.15) is 4.01 Å². The van der Waals surface area contributed by atoms with E-state index in [1.807, 2.05) is 57.0 Å². The van der Waals surface area contributed by atoms with E-state index in [-0.39, 0.29) is 0 Å². The lowest BCUT2D eigenvalue weighted by Crippen LogP contribution is -1.94. The maximum absolute atomic E-state index is 4.00. The van der Waals surface area contributed by atoms with Crippen LogP contribution in [0.4, 0.5) is 0 Å². The lowest BCUT2D eigenvalue weighted by atomic mass is 10.4. The molecule has 24 heavy (non-hydrogen) atoms. The maximum Gasteiger partial charge on any atom is 0.181 e. The fourth-order valence-electron chi connectivity index (χ4n) is 2.26. The van der Waals surface area contributed by atoms with Gasteiger partial charge in [0.2, 0.25) is 0 Å². The molecule has 120 valence electrons. The number of thiazole rings is 2. The van der Waals surface area contributed by atoms with Gasteiger partial charge in [0.05, 0.1) is 20.2 Å². The molecule has 0 bridgehead atoms. The van der Waals surface area contributed by atoms with Crippen LogP contribution in [0.3, 0.4) is 0 Å². The number of fused-ring (bicyclic) bond motifs is 3. The summed E-state index contributed by atoms with van der Waals surface area (Å²) in [4.78, 5) is 9.59. The second-order valence-electron chi connectivity index (χ2n) is 4.75. The molecule has 0 aliphatic carbocycles. The number of thiophene rings is 2. The van der Waals surface area contributed by atoms with Gasteiger partial charge in [-0.05, 0) is 27.4 Å². The lowest BCUT2D eigenvalue weighted by molar-refractivity contribution is 1.37. The Morgan fingerprint density at radius 3 is 2.42 bits per heavy atom. The minimum Gasteiger partial charge on any atom is -0.224 e. The highest BCUT2D eigenvalue weighted by Gasteiger charge is 2.15. The molecule has 2 aliphatic rings. The second-order valence-corrected chi connectivity index (χ2v) is 11.4. The highest BCUT2D eigenvalue weighted by atomic mass is 32.2. The van der Waals surface area contributed by atoms with E-state index < -0.39 is 0 Å². The molecule has 8 heteroatoms. The van der Waals surface area contributed by atoms with Gasteiger partial charge in [-0.15, -0.1) is 45.8 Å². The van der Waals surface area contributed by atoms with Crippen molar-refractivity contribution in [3.8, 4) is 0 Å². The second kappa shape index (κ2) is 7.98. The summed E-state index contributed by atoms with van der Waals surface area (Å²) >= 11 is 8.93. The highest BCUT2D eigenvalue weighted by Crippen LogP contribution is 2.32. The molecule has 2 aliphatic heterocycles. The van der Waals surface area contributed by atoms with E-state index in [4.69, 9.17) is 0 Å². The monoisotopic (exact) mass is 420 g/mol. The maximum atomic E-state index is 4.00. The molecule has 6 rings (SSSR count). The van der Waals surface area contributed by atoms with E-state index in [9.17, 15) is 0 Å². The normalized spacial score (nSPS) is 14.0. The molecule has 4 aromatic heterocycles. The molecule has 4 aromatic rings. The fraction of sp³-hybridized carbons (Fsp3) is 0.0625. The van der Waals surface area contributed by atoms with Gasteiger partial charge in [-0.3, -0.25) is 0 Å². The Morgan fingerprint density at radius 1 is 0.958 bits per heavy atom. The molecule has 0 atom stereocenters. The molecular formula is C16H12N2S5Si. The summed E-state index contributed by atoms with van der Waals surface area (Å²) in [5.74, 6) is 1.22. The van der Waals surface area contributed by atoms with Crippen molar-refractivity contribution in [3.63, 3.8) is 0 Å². The van der Waals surface area contributed by atoms with Crippen LogP contribution in [0.5, 0.6) is 0 Å². The zero-order valence-electron chi connectivity index (χ0n) is 12.4. The summed E-state index contributed by atoms with van der Waals surface area (Å²) < 4.78 is 2.86. The molecule has 0 radical (unpaired) electrons. The van der Waals surface area contributed by atoms with Crippen LogP contribution in [0.1, 0.15) is 0 Å². The molecule has 0 saturated carbocycles. The first-order chi connectivity index (χ1) is 11.9. The zero-order valence-corrected chi connectivity index (χ0v) is 17.7. The predicted molar refractivity (Wildman–Crippen MR) is 113 cm³/mol. The Bertz CT molecular complexity index is 1000. The summed E-state index contributed by atoms with van der Waals surface area (Å²) in [5.41, 5.74) is 4.52. The third kappa shape index (κ3) is 3.68. The number of nitrogens with zero attached hydrogens (tertiary/aromatic N) is 2. The molecule has 0 N–H and O–H groups in total. The van der Waals surface area contributed by atoms with Crippen molar-refractivity contribution in [2.24, 2.45) is 0 Å². The molecule has 0 unspecified atom stereocenters. The van der Waals surface area contributed by atoms with Crippen LogP contribution in [-0.4, -0.2) is 24.9 Å². The van der Waals surface area contributed by atoms with E-state index >= 15 is 0 Å². The number of aromatic nitrogens is 2. The van der Waals surface area contributed by atoms with Crippen molar-refractivity contribution in [2.75, 3.05) is 5.75 Å². The molecule has 0 fully saturated rings. The highest BCUT2D eigenvalue weighted by molar-refractivity contribution is 8.08. The van der Waals surface area contributed by atoms with Crippen LogP contribution in [0.2, 0.25) is 0 Å². The van der Waals surface area contributed by atoms with Crippen molar-refractivity contribution < 1.29 is 0 Å². The molecular weight excluding hydrogens is 409 g/mol. The van der Waals surface area contributed by atoms with Crippen molar-refractivity contribution in [3.05, 3.63) is 66.0 Å². The van der Waals surface area contributed by atoms with Crippen molar-refractivity contribution in [2.45, 2.75) is 0 Å². The summed E-state index contributed by atoms with van der Waals surface area (Å²) in [6.45, 7) is 0. The summed E-state index contributed by atoms with van der Waals surface area (Å²) in [6.07, 6.45) is 2.40. The molecule has 6 heterocycles. The third-order valence-electron chi connectivity index (χ3n) is 3.30. The predicted octanol–water partition coefficient (Wildman–Crippen LogP) is 4.69. The van der Waals surface area contributed by atoms with Gasteiger partial charge in [-0.1, -0.05) is 18.2 Å². The van der Waals surface area contributed by atoms with Gasteiger partial charge in [-0.2, -0.15) is 11.3 Å². The van der Waals surface area contributed by atoms with Crippen molar-refractivity contribution in [1.82, 2.24) is 9.97 Å². The SMILES string of the molecule is C1=C2[SiH]=c3sccc3=C2SC1.c1ccsc1.c1nc2ncsc2s1. The average molecular weight is 421 g/mol. The van der Waals surface area contributed by atoms with Crippen molar-refractivity contribution >= 4 is 80.8 Å². The average Bonchev–Trinajstić information content (AvgIpc) is 3.34. The lowest BCUT2D eigenvalue weighted by Gasteiger charge is -1.89. The van der Waals surface area contributed by atoms with Crippen LogP contribution in [-0.2, 0) is 0 Å². The molecule has 2 nitrogen and oxygen atoms in total. The Hall–Kier alpha value is -0.903. The van der Waals surface area contributed by atoms with Gasteiger partial charge in [0, 0.05) is 20.0 Å². The van der Waals surface area contributed by atoms with Crippen LogP contribution in [0.15, 0.2) is 56.6 Å². The Morgan fingerprint density at radius 2 is 1.75 bits per heavy atom. The minimum absolute atomic E-state index is 0.472. The quantitative estimate of drug-likeness (QED) is 0.386. The van der Waals surface area contributed by atoms with Gasteiger partial charge < -0.3 is 0 Å². The summed E-state index contributed by atoms with van der Waals surface area (Å²) in [5, 5.41) is 9.52. The van der Waals surface area contributed by atoms with Crippen LogP contribution in [0.25, 0.3) is 14.6 Å². The topological polar surface area (TPSA) is 25.8 Å². The Labute approximate surface area is 161 Å². The zero-order chi connectivity index (χ0) is 16.2. The standard InChI is InChI=1S/C8H6S2Si.C4H2N2S2.C4H4S/c1-3-10-8-5(1)7-6(11-8)2-4-9-7;1-5-3-4(7-1)8-2-6-3;1-2-4-5-3-1/h1-3,11H,4H2;1-2H;1-4H. The van der Waals surface area contributed by atoms with Crippen molar-refractivity contribution in [1.29, 1.82) is 0 Å². The molecule has 0 saturated heterocycles. The number of hydrogen-bond acceptors (Lipinski definition) is 7. The molecule has 0 spiro atoms. The molecule has 0 amide bonds. The first-order valence-corrected chi connectivity index (χ1v) is 12.9. The first-order valence-electron chi connectivity index (χ1n) is 7.14. The largest absolute Gasteiger partial charge is 0.224 e. The minimum atomic E-state index is 0.472. The van der Waals surface area contributed by atoms with Gasteiger partial charge in [-0.25, -0.2) is 9.97 Å². The van der Waals surface area contributed by atoms with E-state index in [1.165, 1.54) is 9.77 Å². The Kier molecular flexibility index (Phi) is 5.51. The van der Waals surface area contributed by atoms with E-state index in [1.54, 1.807) is 53.5 Å².